The summed E-state index contributed by atoms with van der Waals surface area (Å²) >= 11 is 0. The number of aliphatic hydroxyl groups excluding tert-OH is 7. The third kappa shape index (κ3) is 30.1. The second-order valence-electron chi connectivity index (χ2n) is 17.1. The van der Waals surface area contributed by atoms with E-state index >= 15 is 0 Å². The zero-order valence-corrected chi connectivity index (χ0v) is 34.9. The molecule has 0 aliphatic rings. The molecule has 0 aliphatic heterocycles. The lowest BCUT2D eigenvalue weighted by Gasteiger charge is -2.50. The van der Waals surface area contributed by atoms with E-state index < -0.39 is 60.5 Å². The van der Waals surface area contributed by atoms with Crippen molar-refractivity contribution >= 4 is 0 Å². The smallest absolute Gasteiger partial charge is 0.151 e. The molecule has 0 rings (SSSR count). The van der Waals surface area contributed by atoms with Crippen LogP contribution in [-0.2, 0) is 0 Å². The zero-order valence-electron chi connectivity index (χ0n) is 34.9. The van der Waals surface area contributed by atoms with Crippen molar-refractivity contribution in [2.24, 2.45) is 5.41 Å². The fraction of sp³-hybridized carbons (Fsp3) is 1.00. The highest BCUT2D eigenvalue weighted by Crippen LogP contribution is 2.51. The van der Waals surface area contributed by atoms with Gasteiger partial charge in [0, 0.05) is 12.8 Å². The first-order valence-electron chi connectivity index (χ1n) is 22.1. The SMILES string of the molecule is OC(O)CCCCCC(O)(CCCCCC(O)O)CC(O)CC(O)(CCCCCC(O)O)C(CCCCCC(O)O)(CCCCCC(O)O)CCCCCC(O)O. The van der Waals surface area contributed by atoms with Gasteiger partial charge in [-0.15, -0.1) is 0 Å². The Morgan fingerprint density at radius 2 is 0.509 bits per heavy atom. The largest absolute Gasteiger partial charge is 0.393 e. The van der Waals surface area contributed by atoms with Crippen molar-refractivity contribution in [2.75, 3.05) is 0 Å². The molecule has 0 radical (unpaired) electrons. The Hall–Kier alpha value is -0.600. The predicted molar refractivity (Wildman–Crippen MR) is 215 cm³/mol. The average molecular weight is 831 g/mol. The Morgan fingerprint density at radius 1 is 0.263 bits per heavy atom. The molecule has 0 fully saturated rings. The maximum absolute atomic E-state index is 13.2. The second kappa shape index (κ2) is 33.1. The zero-order chi connectivity index (χ0) is 43.2. The number of aliphatic hydroxyl groups is 15. The standard InChI is InChI=1S/C42H86O15/c43-33(31-41(56,28-16-4-10-22-37(50)51)29-17-5-11-23-38(52)53)32-42(57,30-18-6-12-24-39(54)55)40(25-13-1-7-19-34(44)45,26-14-2-8-20-35(46)47)27-15-3-9-21-36(48)49/h33-39,43-57H,1-32H2. The first kappa shape index (κ1) is 56.4. The van der Waals surface area contributed by atoms with Crippen molar-refractivity contribution in [3.05, 3.63) is 0 Å². The highest BCUT2D eigenvalue weighted by molar-refractivity contribution is 5.01. The summed E-state index contributed by atoms with van der Waals surface area (Å²) in [6, 6.07) is 0. The fourth-order valence-electron chi connectivity index (χ4n) is 8.62. The van der Waals surface area contributed by atoms with Crippen LogP contribution >= 0.6 is 0 Å². The fourth-order valence-corrected chi connectivity index (χ4v) is 8.62. The molecular weight excluding hydrogens is 744 g/mol. The first-order valence-corrected chi connectivity index (χ1v) is 22.1. The van der Waals surface area contributed by atoms with Gasteiger partial charge in [-0.05, 0) is 121 Å². The number of unbranched alkanes of at least 4 members (excludes halogenated alkanes) is 12. The Morgan fingerprint density at radius 3 is 0.772 bits per heavy atom. The molecule has 0 bridgehead atoms. The number of rotatable bonds is 41. The van der Waals surface area contributed by atoms with E-state index in [1.807, 2.05) is 0 Å². The summed E-state index contributed by atoms with van der Waals surface area (Å²) in [6.07, 6.45) is 4.87. The monoisotopic (exact) mass is 831 g/mol. The summed E-state index contributed by atoms with van der Waals surface area (Å²) in [7, 11) is 0. The van der Waals surface area contributed by atoms with E-state index in [0.29, 0.717) is 148 Å². The molecule has 0 heterocycles. The maximum atomic E-state index is 13.2. The van der Waals surface area contributed by atoms with Crippen LogP contribution in [0.5, 0.6) is 0 Å². The topological polar surface area (TPSA) is 303 Å². The normalized spacial score (nSPS) is 14.7. The van der Waals surface area contributed by atoms with E-state index in [-0.39, 0.29) is 57.8 Å². The molecule has 344 valence electrons. The summed E-state index contributed by atoms with van der Waals surface area (Å²) < 4.78 is 0. The van der Waals surface area contributed by atoms with Gasteiger partial charge in [-0.3, -0.25) is 0 Å². The van der Waals surface area contributed by atoms with Crippen LogP contribution in [-0.4, -0.2) is 132 Å². The molecule has 0 saturated heterocycles. The predicted octanol–water partition coefficient (Wildman–Crippen LogP) is 3.14. The van der Waals surface area contributed by atoms with Crippen LogP contribution in [0.3, 0.4) is 0 Å². The Bertz CT molecular complexity index is 841. The molecule has 15 heteroatoms. The Kier molecular flexibility index (Phi) is 32.7. The lowest BCUT2D eigenvalue weighted by molar-refractivity contribution is -0.141. The van der Waals surface area contributed by atoms with Crippen LogP contribution in [0.4, 0.5) is 0 Å². The van der Waals surface area contributed by atoms with Crippen LogP contribution in [0.2, 0.25) is 0 Å². The van der Waals surface area contributed by atoms with Gasteiger partial charge in [-0.1, -0.05) is 77.0 Å². The molecule has 2 unspecified atom stereocenters. The number of hydrogen-bond donors (Lipinski definition) is 15. The molecule has 0 saturated carbocycles. The Labute approximate surface area is 342 Å². The van der Waals surface area contributed by atoms with Crippen LogP contribution in [0.15, 0.2) is 0 Å². The summed E-state index contributed by atoms with van der Waals surface area (Å²) in [5.41, 5.74) is -3.52. The highest BCUT2D eigenvalue weighted by Gasteiger charge is 2.49. The van der Waals surface area contributed by atoms with Crippen molar-refractivity contribution in [1.29, 1.82) is 0 Å². The van der Waals surface area contributed by atoms with E-state index in [1.54, 1.807) is 0 Å². The van der Waals surface area contributed by atoms with Crippen LogP contribution in [0.25, 0.3) is 0 Å². The molecule has 0 amide bonds. The maximum Gasteiger partial charge on any atom is 0.151 e. The minimum Gasteiger partial charge on any atom is -0.393 e. The lowest BCUT2D eigenvalue weighted by atomic mass is 9.59. The van der Waals surface area contributed by atoms with Crippen molar-refractivity contribution in [1.82, 2.24) is 0 Å². The van der Waals surface area contributed by atoms with Gasteiger partial charge in [0.05, 0.1) is 17.3 Å². The van der Waals surface area contributed by atoms with Gasteiger partial charge in [-0.25, -0.2) is 0 Å². The molecule has 15 nitrogen and oxygen atoms in total. The van der Waals surface area contributed by atoms with E-state index in [2.05, 4.69) is 0 Å². The van der Waals surface area contributed by atoms with Crippen LogP contribution in [0.1, 0.15) is 205 Å². The second-order valence-corrected chi connectivity index (χ2v) is 17.1. The minimum atomic E-state index is -1.46. The van der Waals surface area contributed by atoms with Gasteiger partial charge < -0.3 is 76.6 Å². The third-order valence-corrected chi connectivity index (χ3v) is 11.8. The van der Waals surface area contributed by atoms with Gasteiger partial charge in [0.1, 0.15) is 0 Å². The Balaban J connectivity index is 6.68. The molecule has 0 aromatic carbocycles. The van der Waals surface area contributed by atoms with Crippen molar-refractivity contribution in [2.45, 2.75) is 261 Å². The summed E-state index contributed by atoms with van der Waals surface area (Å²) in [5.74, 6) is 0. The van der Waals surface area contributed by atoms with Crippen LogP contribution < -0.4 is 0 Å². The summed E-state index contributed by atoms with van der Waals surface area (Å²) in [5, 5.41) is 150. The molecular formula is C42H86O15. The van der Waals surface area contributed by atoms with Gasteiger partial charge in [0.25, 0.3) is 0 Å². The quantitative estimate of drug-likeness (QED) is 0.0311. The van der Waals surface area contributed by atoms with E-state index in [1.165, 1.54) is 0 Å². The molecule has 0 aliphatic carbocycles. The van der Waals surface area contributed by atoms with Crippen molar-refractivity contribution in [3.8, 4) is 0 Å². The van der Waals surface area contributed by atoms with E-state index in [0.717, 1.165) is 0 Å². The average Bonchev–Trinajstić information content (AvgIpc) is 3.09. The van der Waals surface area contributed by atoms with Crippen LogP contribution in [0, 0.1) is 5.41 Å². The summed E-state index contributed by atoms with van der Waals surface area (Å²) in [4.78, 5) is 0. The van der Waals surface area contributed by atoms with E-state index in [4.69, 9.17) is 0 Å². The molecule has 0 spiro atoms. The molecule has 0 aromatic rings. The minimum absolute atomic E-state index is 0.0233. The molecule has 0 aromatic heterocycles. The molecule has 15 N–H and O–H groups in total. The van der Waals surface area contributed by atoms with Gasteiger partial charge in [0.2, 0.25) is 0 Å². The van der Waals surface area contributed by atoms with Gasteiger partial charge in [-0.2, -0.15) is 0 Å². The van der Waals surface area contributed by atoms with Crippen molar-refractivity contribution in [3.63, 3.8) is 0 Å². The third-order valence-electron chi connectivity index (χ3n) is 11.8. The molecule has 57 heavy (non-hydrogen) atoms. The lowest BCUT2D eigenvalue weighted by Crippen LogP contribution is -2.51. The molecule has 2 atom stereocenters. The summed E-state index contributed by atoms with van der Waals surface area (Å²) in [6.45, 7) is 0. The van der Waals surface area contributed by atoms with Crippen molar-refractivity contribution < 1.29 is 76.6 Å². The number of hydrogen-bond acceptors (Lipinski definition) is 15. The van der Waals surface area contributed by atoms with Gasteiger partial charge in [0.15, 0.2) is 37.7 Å². The van der Waals surface area contributed by atoms with E-state index in [9.17, 15) is 76.6 Å². The highest BCUT2D eigenvalue weighted by atomic mass is 16.5. The van der Waals surface area contributed by atoms with Gasteiger partial charge >= 0.3 is 0 Å². The first-order chi connectivity index (χ1) is 26.8.